The second-order valence-corrected chi connectivity index (χ2v) is 10.3. The zero-order valence-corrected chi connectivity index (χ0v) is 22.4. The molecule has 4 N–H and O–H groups in total. The molecule has 0 saturated carbocycles. The number of halogens is 1. The summed E-state index contributed by atoms with van der Waals surface area (Å²) in [6.07, 6.45) is 3.53. The quantitative estimate of drug-likeness (QED) is 0.365. The van der Waals surface area contributed by atoms with Crippen molar-refractivity contribution in [2.24, 2.45) is 5.73 Å². The van der Waals surface area contributed by atoms with Gasteiger partial charge in [0, 0.05) is 56.9 Å². The number of nitrogens with two attached hydrogens (primary N) is 1. The van der Waals surface area contributed by atoms with Gasteiger partial charge in [-0.3, -0.25) is 14.7 Å². The van der Waals surface area contributed by atoms with Crippen LogP contribution in [0.1, 0.15) is 18.4 Å². The number of likely N-dealkylation sites (tertiary alicyclic amines) is 1. The van der Waals surface area contributed by atoms with E-state index in [-0.39, 0.29) is 17.9 Å². The van der Waals surface area contributed by atoms with Crippen molar-refractivity contribution in [2.45, 2.75) is 31.5 Å². The lowest BCUT2D eigenvalue weighted by Crippen LogP contribution is -2.62. The van der Waals surface area contributed by atoms with Gasteiger partial charge in [-0.15, -0.1) is 0 Å². The molecule has 1 aromatic heterocycles. The van der Waals surface area contributed by atoms with Gasteiger partial charge in [0.15, 0.2) is 0 Å². The molecule has 2 aliphatic rings. The summed E-state index contributed by atoms with van der Waals surface area (Å²) in [6.45, 7) is 4.13. The molecule has 40 heavy (non-hydrogen) atoms. The predicted molar refractivity (Wildman–Crippen MR) is 155 cm³/mol. The van der Waals surface area contributed by atoms with Crippen molar-refractivity contribution in [2.75, 3.05) is 32.7 Å². The van der Waals surface area contributed by atoms with E-state index in [2.05, 4.69) is 38.7 Å². The predicted octanol–water partition coefficient (Wildman–Crippen LogP) is 3.65. The molecular formula is C31H35FN6O2. The molecule has 2 aliphatic heterocycles. The minimum atomic E-state index is -0.597. The largest absolute Gasteiger partial charge is 0.368 e. The Balaban J connectivity index is 0.000000269. The molecule has 0 bridgehead atoms. The number of nitrogens with zero attached hydrogens (tertiary/aromatic N) is 3. The first-order valence-corrected chi connectivity index (χ1v) is 13.7. The van der Waals surface area contributed by atoms with Crippen LogP contribution in [0, 0.1) is 5.82 Å². The van der Waals surface area contributed by atoms with Gasteiger partial charge in [0.1, 0.15) is 11.9 Å². The first kappa shape index (κ1) is 27.5. The molecule has 0 spiro atoms. The zero-order chi connectivity index (χ0) is 27.9. The SMILES string of the molecule is NC(=O)C1CNCCN1C(=O)NC1CCN(Cc2ccc3cc(F)ccc3c2)CC1.c1ccc2ncccc2c1. The molecule has 2 saturated heterocycles. The first-order chi connectivity index (χ1) is 19.5. The van der Waals surface area contributed by atoms with Crippen LogP contribution in [-0.2, 0) is 11.3 Å². The summed E-state index contributed by atoms with van der Waals surface area (Å²) in [5, 5.41) is 9.32. The number of pyridine rings is 1. The van der Waals surface area contributed by atoms with Crippen LogP contribution in [0.2, 0.25) is 0 Å². The molecule has 3 aromatic carbocycles. The lowest BCUT2D eigenvalue weighted by Gasteiger charge is -2.37. The summed E-state index contributed by atoms with van der Waals surface area (Å²) in [7, 11) is 0. The van der Waals surface area contributed by atoms with Crippen molar-refractivity contribution in [3.63, 3.8) is 0 Å². The normalized spacial score (nSPS) is 18.2. The Morgan fingerprint density at radius 3 is 2.50 bits per heavy atom. The number of urea groups is 1. The van der Waals surface area contributed by atoms with Crippen LogP contribution >= 0.6 is 0 Å². The number of para-hydroxylation sites is 1. The Labute approximate surface area is 233 Å². The summed E-state index contributed by atoms with van der Waals surface area (Å²) < 4.78 is 13.3. The van der Waals surface area contributed by atoms with Gasteiger partial charge in [-0.1, -0.05) is 42.5 Å². The van der Waals surface area contributed by atoms with Crippen molar-refractivity contribution in [3.05, 3.63) is 90.4 Å². The van der Waals surface area contributed by atoms with E-state index in [1.807, 2.05) is 48.7 Å². The molecule has 208 valence electrons. The second-order valence-electron chi connectivity index (χ2n) is 10.3. The van der Waals surface area contributed by atoms with Crippen LogP contribution in [0.4, 0.5) is 9.18 Å². The number of carbonyl (C=O) groups is 2. The summed E-state index contributed by atoms with van der Waals surface area (Å²) in [4.78, 5) is 32.3. The van der Waals surface area contributed by atoms with Crippen LogP contribution < -0.4 is 16.4 Å². The van der Waals surface area contributed by atoms with E-state index in [1.54, 1.807) is 11.0 Å². The van der Waals surface area contributed by atoms with E-state index in [4.69, 9.17) is 5.73 Å². The average molecular weight is 543 g/mol. The molecule has 3 amide bonds. The van der Waals surface area contributed by atoms with Crippen molar-refractivity contribution >= 4 is 33.6 Å². The van der Waals surface area contributed by atoms with E-state index in [9.17, 15) is 14.0 Å². The van der Waals surface area contributed by atoms with Crippen LogP contribution in [0.15, 0.2) is 79.0 Å². The van der Waals surface area contributed by atoms with E-state index >= 15 is 0 Å². The molecule has 1 unspecified atom stereocenters. The average Bonchev–Trinajstić information content (AvgIpc) is 2.98. The van der Waals surface area contributed by atoms with Crippen molar-refractivity contribution in [3.8, 4) is 0 Å². The number of nitrogens with one attached hydrogen (secondary N) is 2. The molecule has 2 fully saturated rings. The maximum atomic E-state index is 13.3. The number of aromatic nitrogens is 1. The maximum Gasteiger partial charge on any atom is 0.318 e. The lowest BCUT2D eigenvalue weighted by molar-refractivity contribution is -0.122. The van der Waals surface area contributed by atoms with Crippen molar-refractivity contribution in [1.82, 2.24) is 25.4 Å². The van der Waals surface area contributed by atoms with Gasteiger partial charge in [0.25, 0.3) is 0 Å². The standard InChI is InChI=1S/C22H28FN5O2.C9H7N/c23-18-4-3-16-11-15(1-2-17(16)12-18)14-27-8-5-19(6-9-27)26-22(30)28-10-7-25-13-20(28)21(24)29;1-2-6-9-8(4-1)5-3-7-10-9/h1-4,11-12,19-20,25H,5-10,13-14H2,(H2,24,29)(H,26,30);1-7H. The highest BCUT2D eigenvalue weighted by Gasteiger charge is 2.32. The topological polar surface area (TPSA) is 104 Å². The van der Waals surface area contributed by atoms with Gasteiger partial charge in [0.05, 0.1) is 5.52 Å². The van der Waals surface area contributed by atoms with Crippen LogP contribution in [-0.4, -0.2) is 71.5 Å². The third-order valence-corrected chi connectivity index (χ3v) is 7.53. The van der Waals surface area contributed by atoms with Gasteiger partial charge in [-0.2, -0.15) is 0 Å². The smallest absolute Gasteiger partial charge is 0.318 e. The summed E-state index contributed by atoms with van der Waals surface area (Å²) in [5.74, 6) is -0.701. The van der Waals surface area contributed by atoms with Crippen molar-refractivity contribution in [1.29, 1.82) is 0 Å². The third kappa shape index (κ3) is 6.91. The van der Waals surface area contributed by atoms with Gasteiger partial charge in [0.2, 0.25) is 5.91 Å². The zero-order valence-electron chi connectivity index (χ0n) is 22.4. The van der Waals surface area contributed by atoms with Gasteiger partial charge >= 0.3 is 6.03 Å². The Morgan fingerprint density at radius 1 is 0.950 bits per heavy atom. The second kappa shape index (κ2) is 12.8. The number of benzene rings is 3. The van der Waals surface area contributed by atoms with Crippen LogP contribution in [0.5, 0.6) is 0 Å². The van der Waals surface area contributed by atoms with Crippen LogP contribution in [0.25, 0.3) is 21.7 Å². The molecule has 6 rings (SSSR count). The molecular weight excluding hydrogens is 507 g/mol. The fourth-order valence-corrected chi connectivity index (χ4v) is 5.33. The van der Waals surface area contributed by atoms with E-state index < -0.39 is 11.9 Å². The number of rotatable bonds is 4. The highest BCUT2D eigenvalue weighted by atomic mass is 19.1. The van der Waals surface area contributed by atoms with E-state index in [0.29, 0.717) is 19.6 Å². The number of amides is 3. The molecule has 9 heteroatoms. The van der Waals surface area contributed by atoms with E-state index in [0.717, 1.165) is 48.8 Å². The Bertz CT molecular complexity index is 1410. The minimum absolute atomic E-state index is 0.0942. The highest BCUT2D eigenvalue weighted by Crippen LogP contribution is 2.20. The van der Waals surface area contributed by atoms with Crippen molar-refractivity contribution < 1.29 is 14.0 Å². The Morgan fingerprint density at radius 2 is 1.70 bits per heavy atom. The number of piperidine rings is 1. The Kier molecular flexibility index (Phi) is 8.83. The fraction of sp³-hybridized carbons (Fsp3) is 0.323. The minimum Gasteiger partial charge on any atom is -0.368 e. The lowest BCUT2D eigenvalue weighted by atomic mass is 10.0. The summed E-state index contributed by atoms with van der Waals surface area (Å²) in [5.41, 5.74) is 7.69. The molecule has 8 nitrogen and oxygen atoms in total. The molecule has 0 radical (unpaired) electrons. The number of carbonyl (C=O) groups excluding carboxylic acids is 2. The molecule has 3 heterocycles. The molecule has 1 atom stereocenters. The third-order valence-electron chi connectivity index (χ3n) is 7.53. The number of primary amides is 1. The number of fused-ring (bicyclic) bond motifs is 2. The van der Waals surface area contributed by atoms with Gasteiger partial charge in [-0.05, 0) is 59.5 Å². The molecule has 0 aliphatic carbocycles. The number of hydrogen-bond acceptors (Lipinski definition) is 5. The fourth-order valence-electron chi connectivity index (χ4n) is 5.33. The van der Waals surface area contributed by atoms with Gasteiger partial charge in [-0.25, -0.2) is 9.18 Å². The maximum absolute atomic E-state index is 13.3. The highest BCUT2D eigenvalue weighted by molar-refractivity contribution is 5.86. The summed E-state index contributed by atoms with van der Waals surface area (Å²) >= 11 is 0. The molecule has 4 aromatic rings. The van der Waals surface area contributed by atoms with Gasteiger partial charge < -0.3 is 21.3 Å². The van der Waals surface area contributed by atoms with Crippen LogP contribution in [0.3, 0.4) is 0 Å². The monoisotopic (exact) mass is 542 g/mol. The Hall–Kier alpha value is -4.08. The first-order valence-electron chi connectivity index (χ1n) is 13.7. The summed E-state index contributed by atoms with van der Waals surface area (Å²) in [6, 6.07) is 22.3. The number of piperazine rings is 1. The van der Waals surface area contributed by atoms with E-state index in [1.165, 1.54) is 17.0 Å². The number of hydrogen-bond donors (Lipinski definition) is 3.